The molecule has 0 atom stereocenters. The summed E-state index contributed by atoms with van der Waals surface area (Å²) in [4.78, 5) is 0. The summed E-state index contributed by atoms with van der Waals surface area (Å²) in [7, 11) is 0. The standard InChI is InChI=1S/C9H17B/c1-5-6-7-9(10-4)8(2)3/h2,5-7H2,1,3-4H3. The van der Waals surface area contributed by atoms with Gasteiger partial charge >= 0.3 is 64.5 Å². The van der Waals surface area contributed by atoms with E-state index in [0.29, 0.717) is 0 Å². The van der Waals surface area contributed by atoms with Crippen LogP contribution in [0.25, 0.3) is 0 Å². The molecule has 0 rings (SSSR count). The molecule has 0 unspecified atom stereocenters. The maximum atomic E-state index is 3.91. The zero-order chi connectivity index (χ0) is 7.98. The van der Waals surface area contributed by atoms with Crippen molar-refractivity contribution in [1.82, 2.24) is 0 Å². The van der Waals surface area contributed by atoms with Gasteiger partial charge < -0.3 is 0 Å². The van der Waals surface area contributed by atoms with Crippen LogP contribution >= 0.6 is 0 Å². The third-order valence-corrected chi connectivity index (χ3v) is 1.70. The Morgan fingerprint density at radius 2 is 2.10 bits per heavy atom. The predicted octanol–water partition coefficient (Wildman–Crippen LogP) is 2.68. The minimum atomic E-state index is 1.20. The Morgan fingerprint density at radius 1 is 1.50 bits per heavy atom. The van der Waals surface area contributed by atoms with Crippen LogP contribution in [0, 0.1) is 0 Å². The van der Waals surface area contributed by atoms with Gasteiger partial charge in [0.1, 0.15) is 0 Å². The van der Waals surface area contributed by atoms with Crippen molar-refractivity contribution in [3.05, 3.63) is 12.2 Å². The molecule has 0 radical (unpaired) electrons. The number of hydrogen-bond donors (Lipinski definition) is 0. The van der Waals surface area contributed by atoms with Crippen molar-refractivity contribution in [2.24, 2.45) is 0 Å². The van der Waals surface area contributed by atoms with E-state index in [4.69, 9.17) is 0 Å². The molecule has 0 aromatic rings. The molecule has 0 aliphatic rings. The van der Waals surface area contributed by atoms with E-state index in [0.717, 1.165) is 0 Å². The third kappa shape index (κ3) is 3.65. The van der Waals surface area contributed by atoms with Crippen LogP contribution < -0.4 is 0 Å². The average Bonchev–Trinajstić information content (AvgIpc) is 1.89. The summed E-state index contributed by atoms with van der Waals surface area (Å²) in [6.45, 7) is 12.4. The van der Waals surface area contributed by atoms with Crippen molar-refractivity contribution in [3.63, 3.8) is 0 Å². The first-order chi connectivity index (χ1) is 4.72. The Kier molecular flexibility index (Phi) is 5.28. The average molecular weight is 136 g/mol. The minimum absolute atomic E-state index is 1.20. The molecule has 56 valence electrons. The molecule has 0 N–H and O–H groups in total. The summed E-state index contributed by atoms with van der Waals surface area (Å²) in [6, 6.07) is 0. The van der Waals surface area contributed by atoms with E-state index in [1.165, 1.54) is 30.3 Å². The van der Waals surface area contributed by atoms with Crippen molar-refractivity contribution in [3.8, 4) is 0 Å². The first kappa shape index (κ1) is 9.67. The van der Waals surface area contributed by atoms with Gasteiger partial charge in [0.25, 0.3) is 0 Å². The van der Waals surface area contributed by atoms with E-state index in [-0.39, 0.29) is 0 Å². The fraction of sp³-hybridized carbons (Fsp3) is 0.667. The van der Waals surface area contributed by atoms with Gasteiger partial charge in [0.05, 0.1) is 0 Å². The molecule has 0 saturated heterocycles. The molecular weight excluding hydrogens is 119 g/mol. The molecule has 0 spiro atoms. The van der Waals surface area contributed by atoms with E-state index in [9.17, 15) is 0 Å². The van der Waals surface area contributed by atoms with Gasteiger partial charge in [-0.3, -0.25) is 0 Å². The molecule has 0 bridgehead atoms. The molecule has 0 amide bonds. The fourth-order valence-corrected chi connectivity index (χ4v) is 0.971. The Labute approximate surface area is 65.2 Å². The van der Waals surface area contributed by atoms with Crippen molar-refractivity contribution >= 4 is 12.4 Å². The van der Waals surface area contributed by atoms with Crippen LogP contribution in [0.2, 0.25) is 6.82 Å². The molecule has 0 aromatic heterocycles. The van der Waals surface area contributed by atoms with Crippen molar-refractivity contribution < 1.29 is 0 Å². The monoisotopic (exact) mass is 136 g/mol. The summed E-state index contributed by atoms with van der Waals surface area (Å²) in [5.74, 6) is 0. The first-order valence-corrected chi connectivity index (χ1v) is 4.03. The van der Waals surface area contributed by atoms with Gasteiger partial charge in [0.2, 0.25) is 0 Å². The van der Waals surface area contributed by atoms with E-state index < -0.39 is 0 Å². The molecule has 0 heterocycles. The Morgan fingerprint density at radius 3 is 2.40 bits per heavy atom. The van der Waals surface area contributed by atoms with Crippen LogP contribution in [0.1, 0.15) is 33.1 Å². The van der Waals surface area contributed by atoms with Crippen LogP contribution in [0.3, 0.4) is 0 Å². The molecule has 0 nitrogen and oxygen atoms in total. The maximum absolute atomic E-state index is 3.91. The van der Waals surface area contributed by atoms with Gasteiger partial charge in [-0.2, -0.15) is 0 Å². The fourth-order valence-electron chi connectivity index (χ4n) is 0.971. The topological polar surface area (TPSA) is 0 Å². The number of allylic oxidation sites excluding steroid dienone is 1. The summed E-state index contributed by atoms with van der Waals surface area (Å²) in [5, 5.41) is 0. The Balaban J connectivity index is 3.74. The Bertz CT molecular complexity index is 134. The Hall–Kier alpha value is -0.325. The number of rotatable bonds is 4. The summed E-state index contributed by atoms with van der Waals surface area (Å²) < 4.78 is 0. The summed E-state index contributed by atoms with van der Waals surface area (Å²) in [6.07, 6.45) is 3.75. The second-order valence-electron chi connectivity index (χ2n) is 2.70. The first-order valence-electron chi connectivity index (χ1n) is 4.03. The number of hydrogen-bond acceptors (Lipinski definition) is 0. The van der Waals surface area contributed by atoms with Crippen LogP contribution in [0.15, 0.2) is 12.2 Å². The van der Waals surface area contributed by atoms with E-state index in [1.54, 1.807) is 0 Å². The molecular formula is C9H17B. The molecule has 0 fully saturated rings. The van der Waals surface area contributed by atoms with E-state index >= 15 is 0 Å². The van der Waals surface area contributed by atoms with Crippen LogP contribution in [0.5, 0.6) is 0 Å². The third-order valence-electron chi connectivity index (χ3n) is 1.70. The van der Waals surface area contributed by atoms with Gasteiger partial charge in [-0.15, -0.1) is 0 Å². The molecule has 10 heavy (non-hydrogen) atoms. The second kappa shape index (κ2) is 5.46. The van der Waals surface area contributed by atoms with E-state index in [1.807, 2.05) is 0 Å². The van der Waals surface area contributed by atoms with Crippen LogP contribution in [0.4, 0.5) is 0 Å². The van der Waals surface area contributed by atoms with Crippen molar-refractivity contribution in [1.29, 1.82) is 0 Å². The zero-order valence-corrected chi connectivity index (χ0v) is 7.41. The normalized spacial score (nSPS) is 10.9. The quantitative estimate of drug-likeness (QED) is 0.521. The van der Waals surface area contributed by atoms with Gasteiger partial charge in [-0.25, -0.2) is 0 Å². The van der Waals surface area contributed by atoms with E-state index in [2.05, 4.69) is 34.2 Å². The predicted molar refractivity (Wildman–Crippen MR) is 51.0 cm³/mol. The zero-order valence-electron chi connectivity index (χ0n) is 7.41. The SMILES string of the molecule is C=C(C)C(=BC)CCCC. The van der Waals surface area contributed by atoms with Crippen LogP contribution in [-0.4, -0.2) is 12.4 Å². The van der Waals surface area contributed by atoms with Gasteiger partial charge in [-0.05, 0) is 0 Å². The molecule has 0 aliphatic heterocycles. The summed E-state index contributed by atoms with van der Waals surface area (Å²) in [5.41, 5.74) is 2.64. The van der Waals surface area contributed by atoms with Crippen molar-refractivity contribution in [2.75, 3.05) is 0 Å². The van der Waals surface area contributed by atoms with Gasteiger partial charge in [-0.1, -0.05) is 0 Å². The second-order valence-corrected chi connectivity index (χ2v) is 2.70. The molecule has 0 aromatic carbocycles. The summed E-state index contributed by atoms with van der Waals surface area (Å²) >= 11 is 0. The molecule has 0 saturated carbocycles. The number of unbranched alkanes of at least 4 members (excludes halogenated alkanes) is 1. The van der Waals surface area contributed by atoms with Gasteiger partial charge in [0.15, 0.2) is 0 Å². The van der Waals surface area contributed by atoms with Crippen LogP contribution in [-0.2, 0) is 0 Å². The molecule has 1 heteroatoms. The van der Waals surface area contributed by atoms with Crippen molar-refractivity contribution in [2.45, 2.75) is 39.9 Å². The van der Waals surface area contributed by atoms with Gasteiger partial charge in [0, 0.05) is 0 Å². The molecule has 0 aliphatic carbocycles.